The zero-order valence-electron chi connectivity index (χ0n) is 14.3. The van der Waals surface area contributed by atoms with Gasteiger partial charge in [-0.15, -0.1) is 0 Å². The van der Waals surface area contributed by atoms with Gasteiger partial charge in [-0.05, 0) is 85.9 Å². The van der Waals surface area contributed by atoms with Crippen LogP contribution in [0.1, 0.15) is 85.0 Å². The van der Waals surface area contributed by atoms with Crippen LogP contribution in [0, 0.1) is 34.5 Å². The van der Waals surface area contributed by atoms with E-state index in [0.29, 0.717) is 15.6 Å². The van der Waals surface area contributed by atoms with Crippen LogP contribution < -0.4 is 0 Å². The molecule has 120 valence electrons. The third-order valence-electron chi connectivity index (χ3n) is 9.22. The molecule has 4 fully saturated rings. The van der Waals surface area contributed by atoms with Crippen LogP contribution in [-0.4, -0.2) is 4.75 Å². The second-order valence-electron chi connectivity index (χ2n) is 9.59. The minimum Gasteiger partial charge on any atom is -0.172 e. The van der Waals surface area contributed by atoms with Gasteiger partial charge in [-0.1, -0.05) is 33.6 Å². The average Bonchev–Trinajstić information content (AvgIpc) is 2.76. The summed E-state index contributed by atoms with van der Waals surface area (Å²) in [6, 6.07) is 0. The second kappa shape index (κ2) is 4.68. The van der Waals surface area contributed by atoms with Crippen LogP contribution in [0.25, 0.3) is 0 Å². The molecule has 1 heteroatoms. The molecule has 4 aliphatic rings. The van der Waals surface area contributed by atoms with E-state index in [9.17, 15) is 0 Å². The quantitative estimate of drug-likeness (QED) is 0.513. The fourth-order valence-electron chi connectivity index (χ4n) is 7.52. The molecule has 4 saturated carbocycles. The van der Waals surface area contributed by atoms with Crippen LogP contribution in [0.5, 0.6) is 0 Å². The Morgan fingerprint density at radius 1 is 0.810 bits per heavy atom. The van der Waals surface area contributed by atoms with E-state index in [1.54, 1.807) is 0 Å². The first-order chi connectivity index (χ1) is 9.91. The highest BCUT2D eigenvalue weighted by molar-refractivity contribution is 7.81. The van der Waals surface area contributed by atoms with Gasteiger partial charge >= 0.3 is 0 Å². The lowest BCUT2D eigenvalue weighted by molar-refractivity contribution is -0.0962. The molecule has 0 bridgehead atoms. The average molecular weight is 307 g/mol. The summed E-state index contributed by atoms with van der Waals surface area (Å²) in [4.78, 5) is 0. The highest BCUT2D eigenvalue weighted by atomic mass is 32.1. The fraction of sp³-hybridized carbons (Fsp3) is 1.00. The Balaban J connectivity index is 1.68. The van der Waals surface area contributed by atoms with Crippen LogP contribution in [0.3, 0.4) is 0 Å². The molecule has 0 aromatic carbocycles. The SMILES string of the molecule is CC1CCC2C3CCC4(S)CCCCC4(C)C3CCC12C. The van der Waals surface area contributed by atoms with Gasteiger partial charge in [-0.2, -0.15) is 12.6 Å². The van der Waals surface area contributed by atoms with Crippen molar-refractivity contribution < 1.29 is 0 Å². The Morgan fingerprint density at radius 3 is 2.38 bits per heavy atom. The molecule has 0 amide bonds. The number of hydrogen-bond acceptors (Lipinski definition) is 1. The van der Waals surface area contributed by atoms with Crippen molar-refractivity contribution in [1.82, 2.24) is 0 Å². The van der Waals surface area contributed by atoms with E-state index in [0.717, 1.165) is 23.7 Å². The summed E-state index contributed by atoms with van der Waals surface area (Å²) in [6.07, 6.45) is 14.6. The largest absolute Gasteiger partial charge is 0.172 e. The Bertz CT molecular complexity index is 432. The van der Waals surface area contributed by atoms with E-state index < -0.39 is 0 Å². The minimum absolute atomic E-state index is 0.365. The monoisotopic (exact) mass is 306 g/mol. The summed E-state index contributed by atoms with van der Waals surface area (Å²) in [5.41, 5.74) is 1.20. The smallest absolute Gasteiger partial charge is 0.0186 e. The molecule has 0 aromatic heterocycles. The molecule has 0 radical (unpaired) electrons. The lowest BCUT2D eigenvalue weighted by atomic mass is 9.44. The first-order valence-electron chi connectivity index (χ1n) is 9.63. The zero-order chi connectivity index (χ0) is 14.9. The zero-order valence-corrected chi connectivity index (χ0v) is 15.2. The van der Waals surface area contributed by atoms with Crippen LogP contribution >= 0.6 is 12.6 Å². The highest BCUT2D eigenvalue weighted by Gasteiger charge is 2.62. The molecule has 0 saturated heterocycles. The molecule has 7 unspecified atom stereocenters. The summed E-state index contributed by atoms with van der Waals surface area (Å²) < 4.78 is 0.365. The predicted molar refractivity (Wildman–Crippen MR) is 93.7 cm³/mol. The van der Waals surface area contributed by atoms with Crippen LogP contribution in [0.4, 0.5) is 0 Å². The van der Waals surface area contributed by atoms with Gasteiger partial charge in [-0.25, -0.2) is 0 Å². The fourth-order valence-corrected chi connectivity index (χ4v) is 8.08. The minimum atomic E-state index is 0.365. The van der Waals surface area contributed by atoms with Crippen molar-refractivity contribution in [2.75, 3.05) is 0 Å². The predicted octanol–water partition coefficient (Wildman–Crippen LogP) is 6.11. The maximum atomic E-state index is 5.31. The van der Waals surface area contributed by atoms with E-state index in [4.69, 9.17) is 12.6 Å². The molecule has 0 spiro atoms. The Labute approximate surface area is 137 Å². The first-order valence-corrected chi connectivity index (χ1v) is 10.1. The molecule has 0 aromatic rings. The van der Waals surface area contributed by atoms with E-state index in [2.05, 4.69) is 20.8 Å². The van der Waals surface area contributed by atoms with Gasteiger partial charge < -0.3 is 0 Å². The molecule has 0 aliphatic heterocycles. The van der Waals surface area contributed by atoms with Crippen LogP contribution in [-0.2, 0) is 0 Å². The van der Waals surface area contributed by atoms with Gasteiger partial charge in [-0.3, -0.25) is 0 Å². The lowest BCUT2D eigenvalue weighted by Gasteiger charge is -2.64. The molecule has 7 atom stereocenters. The Kier molecular flexibility index (Phi) is 3.32. The highest BCUT2D eigenvalue weighted by Crippen LogP contribution is 2.69. The maximum Gasteiger partial charge on any atom is 0.0186 e. The Morgan fingerprint density at radius 2 is 1.57 bits per heavy atom. The summed E-state index contributed by atoms with van der Waals surface area (Å²) in [6.45, 7) is 7.81. The normalized spacial score (nSPS) is 60.0. The van der Waals surface area contributed by atoms with Crippen molar-refractivity contribution in [3.8, 4) is 0 Å². The molecule has 4 aliphatic carbocycles. The molecule has 0 N–H and O–H groups in total. The third-order valence-corrected chi connectivity index (χ3v) is 10.2. The van der Waals surface area contributed by atoms with Crippen molar-refractivity contribution in [3.05, 3.63) is 0 Å². The Hall–Kier alpha value is 0.350. The van der Waals surface area contributed by atoms with E-state index >= 15 is 0 Å². The number of hydrogen-bond donors (Lipinski definition) is 1. The van der Waals surface area contributed by atoms with Crippen molar-refractivity contribution in [2.45, 2.75) is 89.7 Å². The van der Waals surface area contributed by atoms with Gasteiger partial charge in [0.1, 0.15) is 0 Å². The van der Waals surface area contributed by atoms with E-state index in [1.165, 1.54) is 64.2 Å². The molecule has 21 heavy (non-hydrogen) atoms. The standard InChI is InChI=1S/C20H34S/c1-14-6-7-16-15-8-13-20(21)11-5-4-10-19(20,3)17(15)9-12-18(14,16)2/h14-17,21H,4-13H2,1-3H3. The maximum absolute atomic E-state index is 5.31. The van der Waals surface area contributed by atoms with Crippen LogP contribution in [0.15, 0.2) is 0 Å². The van der Waals surface area contributed by atoms with Crippen molar-refractivity contribution in [1.29, 1.82) is 0 Å². The van der Waals surface area contributed by atoms with Crippen molar-refractivity contribution in [3.63, 3.8) is 0 Å². The number of rotatable bonds is 0. The van der Waals surface area contributed by atoms with E-state index in [-0.39, 0.29) is 0 Å². The lowest BCUT2D eigenvalue weighted by Crippen LogP contribution is -2.58. The van der Waals surface area contributed by atoms with Gasteiger partial charge in [0, 0.05) is 4.75 Å². The number of fused-ring (bicyclic) bond motifs is 5. The van der Waals surface area contributed by atoms with Crippen LogP contribution in [0.2, 0.25) is 0 Å². The van der Waals surface area contributed by atoms with Gasteiger partial charge in [0.2, 0.25) is 0 Å². The number of thiol groups is 1. The first kappa shape index (κ1) is 14.9. The van der Waals surface area contributed by atoms with Gasteiger partial charge in [0.25, 0.3) is 0 Å². The van der Waals surface area contributed by atoms with Gasteiger partial charge in [0.05, 0.1) is 0 Å². The molecule has 0 nitrogen and oxygen atoms in total. The van der Waals surface area contributed by atoms with Gasteiger partial charge in [0.15, 0.2) is 0 Å². The van der Waals surface area contributed by atoms with Crippen molar-refractivity contribution >= 4 is 12.6 Å². The second-order valence-corrected chi connectivity index (χ2v) is 10.5. The summed E-state index contributed by atoms with van der Waals surface area (Å²) >= 11 is 5.31. The summed E-state index contributed by atoms with van der Waals surface area (Å²) in [7, 11) is 0. The topological polar surface area (TPSA) is 0 Å². The van der Waals surface area contributed by atoms with E-state index in [1.807, 2.05) is 0 Å². The summed E-state index contributed by atoms with van der Waals surface area (Å²) in [5.74, 6) is 4.00. The summed E-state index contributed by atoms with van der Waals surface area (Å²) in [5, 5.41) is 0. The molecular formula is C20H34S. The van der Waals surface area contributed by atoms with Crippen molar-refractivity contribution in [2.24, 2.45) is 34.5 Å². The molecule has 4 rings (SSSR count). The molecule has 0 heterocycles. The molecular weight excluding hydrogens is 272 g/mol. The third kappa shape index (κ3) is 1.82.